The average molecular weight is 401 g/mol. The Bertz CT molecular complexity index is 749. The molecule has 2 aromatic rings. The summed E-state index contributed by atoms with van der Waals surface area (Å²) >= 11 is 12.1. The Morgan fingerprint density at radius 1 is 1.04 bits per heavy atom. The number of hydrogen-bond donors (Lipinski definition) is 0. The van der Waals surface area contributed by atoms with Crippen LogP contribution in [0, 0.1) is 0 Å². The molecule has 0 aromatic heterocycles. The first-order valence-corrected chi connectivity index (χ1v) is 8.56. The molecule has 1 aliphatic heterocycles. The van der Waals surface area contributed by atoms with Gasteiger partial charge in [-0.15, -0.1) is 12.4 Å². The Balaban J connectivity index is 0.00000225. The van der Waals surface area contributed by atoms with Crippen LogP contribution in [0.1, 0.15) is 11.1 Å². The van der Waals surface area contributed by atoms with E-state index in [0.717, 1.165) is 30.2 Å². The lowest BCUT2D eigenvalue weighted by Crippen LogP contribution is -2.19. The van der Waals surface area contributed by atoms with Crippen molar-refractivity contribution >= 4 is 41.7 Å². The molecule has 3 nitrogen and oxygen atoms in total. The molecule has 2 aromatic carbocycles. The summed E-state index contributed by atoms with van der Waals surface area (Å²) in [6, 6.07) is 11.6. The van der Waals surface area contributed by atoms with Crippen LogP contribution in [0.2, 0.25) is 10.0 Å². The Hall–Kier alpha value is -1.39. The van der Waals surface area contributed by atoms with E-state index in [2.05, 4.69) is 24.1 Å². The molecular weight excluding hydrogens is 381 g/mol. The standard InChI is InChI=1S/C19H19Cl2NO2.ClH/c1-22(8-2-3-15-5-6-16(20)12-17(15)21)13-14-4-7-18-19(11-14)24-10-9-23-18;/h2-7,11-12H,8-10,13H2,1H3;1H/b3-2+;. The molecule has 0 saturated carbocycles. The molecule has 25 heavy (non-hydrogen) atoms. The van der Waals surface area contributed by atoms with Crippen molar-refractivity contribution < 1.29 is 9.47 Å². The van der Waals surface area contributed by atoms with E-state index in [1.54, 1.807) is 6.07 Å². The van der Waals surface area contributed by atoms with Crippen molar-refractivity contribution in [1.29, 1.82) is 0 Å². The van der Waals surface area contributed by atoms with Gasteiger partial charge in [-0.2, -0.15) is 0 Å². The zero-order valence-electron chi connectivity index (χ0n) is 13.9. The predicted octanol–water partition coefficient (Wildman–Crippen LogP) is 5.33. The monoisotopic (exact) mass is 399 g/mol. The lowest BCUT2D eigenvalue weighted by Gasteiger charge is -2.20. The van der Waals surface area contributed by atoms with Crippen molar-refractivity contribution in [3.63, 3.8) is 0 Å². The fraction of sp³-hybridized carbons (Fsp3) is 0.263. The maximum atomic E-state index is 6.17. The molecule has 6 heteroatoms. The first-order chi connectivity index (χ1) is 11.6. The number of halogens is 3. The summed E-state index contributed by atoms with van der Waals surface area (Å²) in [6.07, 6.45) is 4.10. The summed E-state index contributed by atoms with van der Waals surface area (Å²) in [5.41, 5.74) is 2.16. The van der Waals surface area contributed by atoms with Gasteiger partial charge in [-0.1, -0.05) is 47.5 Å². The highest BCUT2D eigenvalue weighted by atomic mass is 35.5. The first kappa shape index (κ1) is 19.9. The molecule has 3 rings (SSSR count). The quantitative estimate of drug-likeness (QED) is 0.677. The summed E-state index contributed by atoms with van der Waals surface area (Å²) in [4.78, 5) is 2.21. The highest BCUT2D eigenvalue weighted by Crippen LogP contribution is 2.31. The third kappa shape index (κ3) is 5.55. The summed E-state index contributed by atoms with van der Waals surface area (Å²) in [5.74, 6) is 1.65. The van der Waals surface area contributed by atoms with Gasteiger partial charge in [-0.3, -0.25) is 4.90 Å². The smallest absolute Gasteiger partial charge is 0.161 e. The molecule has 0 saturated heterocycles. The molecule has 0 aliphatic carbocycles. The predicted molar refractivity (Wildman–Crippen MR) is 107 cm³/mol. The number of likely N-dealkylation sites (N-methyl/N-ethyl adjacent to an activating group) is 1. The van der Waals surface area contributed by atoms with Crippen LogP contribution < -0.4 is 9.47 Å². The van der Waals surface area contributed by atoms with Crippen molar-refractivity contribution in [3.8, 4) is 11.5 Å². The van der Waals surface area contributed by atoms with Crippen LogP contribution in [0.4, 0.5) is 0 Å². The number of nitrogens with zero attached hydrogens (tertiary/aromatic N) is 1. The van der Waals surface area contributed by atoms with Gasteiger partial charge < -0.3 is 9.47 Å². The van der Waals surface area contributed by atoms with E-state index in [1.807, 2.05) is 30.3 Å². The zero-order valence-corrected chi connectivity index (χ0v) is 16.2. The number of benzene rings is 2. The third-order valence-corrected chi connectivity index (χ3v) is 4.30. The number of ether oxygens (including phenoxy) is 2. The van der Waals surface area contributed by atoms with E-state index >= 15 is 0 Å². The van der Waals surface area contributed by atoms with Crippen LogP contribution in [0.15, 0.2) is 42.5 Å². The normalized spacial score (nSPS) is 13.1. The molecule has 0 atom stereocenters. The number of fused-ring (bicyclic) bond motifs is 1. The Labute approximate surface area is 164 Å². The number of hydrogen-bond acceptors (Lipinski definition) is 3. The second-order valence-electron chi connectivity index (χ2n) is 5.74. The SMILES string of the molecule is CN(C/C=C/c1ccc(Cl)cc1Cl)Cc1ccc2c(c1)OCCO2.Cl. The molecule has 1 aliphatic rings. The van der Waals surface area contributed by atoms with Gasteiger partial charge >= 0.3 is 0 Å². The van der Waals surface area contributed by atoms with Crippen LogP contribution >= 0.6 is 35.6 Å². The van der Waals surface area contributed by atoms with Gasteiger partial charge in [-0.05, 0) is 42.4 Å². The van der Waals surface area contributed by atoms with Crippen LogP contribution in [0.25, 0.3) is 6.08 Å². The van der Waals surface area contributed by atoms with Crippen LogP contribution in [-0.2, 0) is 6.54 Å². The van der Waals surface area contributed by atoms with E-state index in [9.17, 15) is 0 Å². The van der Waals surface area contributed by atoms with Gasteiger partial charge in [0.2, 0.25) is 0 Å². The molecule has 1 heterocycles. The Morgan fingerprint density at radius 3 is 2.56 bits per heavy atom. The largest absolute Gasteiger partial charge is 0.486 e. The Kier molecular flexibility index (Phi) is 7.45. The summed E-state index contributed by atoms with van der Waals surface area (Å²) in [5, 5.41) is 1.31. The molecule has 0 radical (unpaired) electrons. The fourth-order valence-corrected chi connectivity index (χ4v) is 3.03. The lowest BCUT2D eigenvalue weighted by molar-refractivity contribution is 0.171. The van der Waals surface area contributed by atoms with E-state index in [0.29, 0.717) is 23.3 Å². The Morgan fingerprint density at radius 2 is 1.80 bits per heavy atom. The van der Waals surface area contributed by atoms with E-state index in [1.165, 1.54) is 5.56 Å². The molecule has 0 bridgehead atoms. The fourth-order valence-electron chi connectivity index (χ4n) is 2.56. The van der Waals surface area contributed by atoms with Crippen molar-refractivity contribution in [1.82, 2.24) is 4.90 Å². The van der Waals surface area contributed by atoms with Gasteiger partial charge in [0.1, 0.15) is 13.2 Å². The minimum absolute atomic E-state index is 0. The van der Waals surface area contributed by atoms with Crippen LogP contribution in [0.3, 0.4) is 0 Å². The summed E-state index contributed by atoms with van der Waals surface area (Å²) in [7, 11) is 2.07. The summed E-state index contributed by atoms with van der Waals surface area (Å²) < 4.78 is 11.2. The highest BCUT2D eigenvalue weighted by molar-refractivity contribution is 6.35. The van der Waals surface area contributed by atoms with Crippen molar-refractivity contribution in [2.75, 3.05) is 26.8 Å². The minimum Gasteiger partial charge on any atom is -0.486 e. The molecule has 0 amide bonds. The van der Waals surface area contributed by atoms with E-state index in [4.69, 9.17) is 32.7 Å². The van der Waals surface area contributed by atoms with Gasteiger partial charge in [0, 0.05) is 23.1 Å². The average Bonchev–Trinajstić information content (AvgIpc) is 2.57. The van der Waals surface area contributed by atoms with E-state index in [-0.39, 0.29) is 12.4 Å². The maximum absolute atomic E-state index is 6.17. The zero-order chi connectivity index (χ0) is 16.9. The van der Waals surface area contributed by atoms with Gasteiger partial charge in [0.25, 0.3) is 0 Å². The van der Waals surface area contributed by atoms with Crippen LogP contribution in [0.5, 0.6) is 11.5 Å². The van der Waals surface area contributed by atoms with Crippen LogP contribution in [-0.4, -0.2) is 31.7 Å². The van der Waals surface area contributed by atoms with Gasteiger partial charge in [0.05, 0.1) is 0 Å². The van der Waals surface area contributed by atoms with E-state index < -0.39 is 0 Å². The molecule has 0 fully saturated rings. The number of rotatable bonds is 5. The molecular formula is C19H20Cl3NO2. The molecule has 0 spiro atoms. The molecule has 134 valence electrons. The second-order valence-corrected chi connectivity index (χ2v) is 6.59. The van der Waals surface area contributed by atoms with Crippen molar-refractivity contribution in [3.05, 3.63) is 63.6 Å². The molecule has 0 unspecified atom stereocenters. The van der Waals surface area contributed by atoms with Crippen molar-refractivity contribution in [2.45, 2.75) is 6.54 Å². The lowest BCUT2D eigenvalue weighted by atomic mass is 10.1. The summed E-state index contributed by atoms with van der Waals surface area (Å²) in [6.45, 7) is 2.86. The van der Waals surface area contributed by atoms with Gasteiger partial charge in [-0.25, -0.2) is 0 Å². The minimum atomic E-state index is 0. The second kappa shape index (κ2) is 9.35. The highest BCUT2D eigenvalue weighted by Gasteiger charge is 2.12. The molecule has 0 N–H and O–H groups in total. The van der Waals surface area contributed by atoms with Crippen molar-refractivity contribution in [2.24, 2.45) is 0 Å². The topological polar surface area (TPSA) is 21.7 Å². The maximum Gasteiger partial charge on any atom is 0.161 e. The third-order valence-electron chi connectivity index (χ3n) is 3.74. The van der Waals surface area contributed by atoms with Gasteiger partial charge in [0.15, 0.2) is 11.5 Å². The first-order valence-electron chi connectivity index (χ1n) is 7.80.